The number of pyridine rings is 1. The largest absolute Gasteiger partial charge is 0.378 e. The predicted octanol–water partition coefficient (Wildman–Crippen LogP) is 5.55. The van der Waals surface area contributed by atoms with Crippen molar-refractivity contribution in [1.82, 2.24) is 24.5 Å². The topological polar surface area (TPSA) is 71.9 Å². The summed E-state index contributed by atoms with van der Waals surface area (Å²) in [4.78, 5) is 19.1. The molecule has 0 saturated carbocycles. The highest BCUT2D eigenvalue weighted by molar-refractivity contribution is 6.28. The van der Waals surface area contributed by atoms with Crippen molar-refractivity contribution in [1.29, 1.82) is 0 Å². The van der Waals surface area contributed by atoms with E-state index in [1.54, 1.807) is 18.5 Å². The molecular formula is C26H24ClFN6O. The van der Waals surface area contributed by atoms with Gasteiger partial charge in [0.05, 0.1) is 41.8 Å². The van der Waals surface area contributed by atoms with Crippen molar-refractivity contribution in [2.45, 2.75) is 19.8 Å². The number of benzene rings is 2. The van der Waals surface area contributed by atoms with Crippen LogP contribution in [-0.4, -0.2) is 50.8 Å². The van der Waals surface area contributed by atoms with Crippen LogP contribution in [0, 0.1) is 5.82 Å². The summed E-state index contributed by atoms with van der Waals surface area (Å²) in [5, 5.41) is 1.07. The molecule has 2 aromatic carbocycles. The molecule has 0 atom stereocenters. The molecule has 178 valence electrons. The van der Waals surface area contributed by atoms with Crippen LogP contribution in [0.1, 0.15) is 19.2 Å². The molecule has 1 N–H and O–H groups in total. The molecule has 6 rings (SSSR count). The molecule has 0 unspecified atom stereocenters. The zero-order valence-corrected chi connectivity index (χ0v) is 20.0. The molecule has 0 spiro atoms. The molecule has 5 aromatic rings. The van der Waals surface area contributed by atoms with Crippen LogP contribution in [0.15, 0.2) is 48.8 Å². The van der Waals surface area contributed by atoms with Crippen LogP contribution >= 0.6 is 11.6 Å². The lowest BCUT2D eigenvalue weighted by Crippen LogP contribution is -2.36. The highest BCUT2D eigenvalue weighted by Crippen LogP contribution is 2.37. The fourth-order valence-electron chi connectivity index (χ4n) is 4.83. The summed E-state index contributed by atoms with van der Waals surface area (Å²) < 4.78 is 22.4. The number of imidazole rings is 2. The quantitative estimate of drug-likeness (QED) is 0.350. The summed E-state index contributed by atoms with van der Waals surface area (Å²) in [5.74, 6) is 0.567. The lowest BCUT2D eigenvalue weighted by Gasteiger charge is -2.29. The first kappa shape index (κ1) is 22.0. The number of fused-ring (bicyclic) bond motifs is 2. The summed E-state index contributed by atoms with van der Waals surface area (Å²) in [6.07, 6.45) is 5.08. The van der Waals surface area contributed by atoms with Crippen molar-refractivity contribution >= 4 is 39.2 Å². The van der Waals surface area contributed by atoms with Gasteiger partial charge in [0.15, 0.2) is 5.28 Å². The third kappa shape index (κ3) is 3.83. The number of nitrogens with one attached hydrogen (secondary N) is 1. The number of ether oxygens (including phenoxy) is 1. The summed E-state index contributed by atoms with van der Waals surface area (Å²) in [5.41, 5.74) is 5.77. The van der Waals surface area contributed by atoms with Gasteiger partial charge in [-0.1, -0.05) is 19.1 Å². The number of anilines is 1. The van der Waals surface area contributed by atoms with Crippen molar-refractivity contribution < 1.29 is 9.13 Å². The van der Waals surface area contributed by atoms with Crippen LogP contribution < -0.4 is 4.90 Å². The molecule has 1 aliphatic rings. The Morgan fingerprint density at radius 1 is 1.11 bits per heavy atom. The van der Waals surface area contributed by atoms with Gasteiger partial charge in [0, 0.05) is 42.3 Å². The molecule has 0 bridgehead atoms. The fourth-order valence-corrected chi connectivity index (χ4v) is 4.98. The third-order valence-corrected chi connectivity index (χ3v) is 6.63. The van der Waals surface area contributed by atoms with Crippen LogP contribution in [-0.2, 0) is 11.2 Å². The van der Waals surface area contributed by atoms with Gasteiger partial charge < -0.3 is 14.6 Å². The molecule has 0 aliphatic carbocycles. The van der Waals surface area contributed by atoms with E-state index in [4.69, 9.17) is 21.3 Å². The number of aromatic amines is 1. The van der Waals surface area contributed by atoms with E-state index >= 15 is 0 Å². The van der Waals surface area contributed by atoms with E-state index in [0.29, 0.717) is 24.0 Å². The number of aromatic nitrogens is 5. The number of nitrogens with zero attached hydrogens (tertiary/aromatic N) is 5. The second kappa shape index (κ2) is 8.94. The van der Waals surface area contributed by atoms with Gasteiger partial charge in [0.2, 0.25) is 0 Å². The molecule has 3 aromatic heterocycles. The average molecular weight is 491 g/mol. The maximum absolute atomic E-state index is 14.6. The van der Waals surface area contributed by atoms with Gasteiger partial charge >= 0.3 is 0 Å². The van der Waals surface area contributed by atoms with E-state index in [1.165, 1.54) is 6.07 Å². The summed E-state index contributed by atoms with van der Waals surface area (Å²) in [6, 6.07) is 11.3. The maximum Gasteiger partial charge on any atom is 0.200 e. The standard InChI is InChI=1S/C26H24ClFN6O/c1-2-4-23-32-25-18(20-15-30-26(27)31-20)13-16(33-9-11-35-12-10-33)14-22(25)34(23)21-7-8-29-24-17(21)5-3-6-19(24)28/h3,5-8,13-15H,2,4,9-12H2,1H3,(H,30,31). The monoisotopic (exact) mass is 490 g/mol. The molecular weight excluding hydrogens is 467 g/mol. The number of hydrogen-bond donors (Lipinski definition) is 1. The van der Waals surface area contributed by atoms with Gasteiger partial charge in [-0.15, -0.1) is 0 Å². The van der Waals surface area contributed by atoms with Crippen LogP contribution in [0.3, 0.4) is 0 Å². The lowest BCUT2D eigenvalue weighted by atomic mass is 10.1. The van der Waals surface area contributed by atoms with Crippen LogP contribution in [0.5, 0.6) is 0 Å². The predicted molar refractivity (Wildman–Crippen MR) is 136 cm³/mol. The Balaban J connectivity index is 1.68. The van der Waals surface area contributed by atoms with Gasteiger partial charge in [0.1, 0.15) is 17.2 Å². The smallest absolute Gasteiger partial charge is 0.200 e. The van der Waals surface area contributed by atoms with Gasteiger partial charge in [-0.05, 0) is 42.3 Å². The van der Waals surface area contributed by atoms with Crippen LogP contribution in [0.2, 0.25) is 5.28 Å². The number of aryl methyl sites for hydroxylation is 1. The van der Waals surface area contributed by atoms with E-state index in [9.17, 15) is 4.39 Å². The molecule has 1 fully saturated rings. The van der Waals surface area contributed by atoms with E-state index < -0.39 is 0 Å². The van der Waals surface area contributed by atoms with E-state index in [-0.39, 0.29) is 5.82 Å². The maximum atomic E-state index is 14.6. The minimum absolute atomic E-state index is 0.328. The first-order chi connectivity index (χ1) is 17.1. The Morgan fingerprint density at radius 3 is 2.74 bits per heavy atom. The highest BCUT2D eigenvalue weighted by Gasteiger charge is 2.22. The normalized spacial score (nSPS) is 14.3. The summed E-state index contributed by atoms with van der Waals surface area (Å²) in [7, 11) is 0. The number of rotatable bonds is 5. The number of halogens is 2. The molecule has 7 nitrogen and oxygen atoms in total. The van der Waals surface area contributed by atoms with Gasteiger partial charge in [-0.2, -0.15) is 0 Å². The number of morpholine rings is 1. The zero-order chi connectivity index (χ0) is 23.9. The Hall–Kier alpha value is -3.49. The highest BCUT2D eigenvalue weighted by atomic mass is 35.5. The van der Waals surface area contributed by atoms with Gasteiger partial charge in [-0.25, -0.2) is 14.4 Å². The molecule has 1 saturated heterocycles. The first-order valence-corrected chi connectivity index (χ1v) is 12.1. The number of para-hydroxylation sites is 1. The third-order valence-electron chi connectivity index (χ3n) is 6.44. The zero-order valence-electron chi connectivity index (χ0n) is 19.3. The van der Waals surface area contributed by atoms with Gasteiger partial charge in [-0.3, -0.25) is 9.55 Å². The van der Waals surface area contributed by atoms with Crippen LogP contribution in [0.4, 0.5) is 10.1 Å². The molecule has 0 amide bonds. The Labute approximate surface area is 206 Å². The SMILES string of the molecule is CCCc1nc2c(-c3cnc(Cl)[nH]3)cc(N3CCOCC3)cc2n1-c1ccnc2c(F)cccc12. The lowest BCUT2D eigenvalue weighted by molar-refractivity contribution is 0.122. The van der Waals surface area contributed by atoms with E-state index in [2.05, 4.69) is 43.5 Å². The van der Waals surface area contributed by atoms with Crippen molar-refractivity contribution in [2.75, 3.05) is 31.2 Å². The molecule has 4 heterocycles. The molecule has 0 radical (unpaired) electrons. The summed E-state index contributed by atoms with van der Waals surface area (Å²) >= 11 is 6.15. The molecule has 35 heavy (non-hydrogen) atoms. The average Bonchev–Trinajstić information content (AvgIpc) is 3.47. The molecule has 1 aliphatic heterocycles. The molecule has 9 heteroatoms. The second-order valence-corrected chi connectivity index (χ2v) is 8.99. The minimum Gasteiger partial charge on any atom is -0.378 e. The Bertz CT molecular complexity index is 1540. The first-order valence-electron chi connectivity index (χ1n) is 11.8. The van der Waals surface area contributed by atoms with Crippen molar-refractivity contribution in [3.8, 4) is 16.9 Å². The second-order valence-electron chi connectivity index (χ2n) is 8.63. The number of H-pyrrole nitrogens is 1. The summed E-state index contributed by atoms with van der Waals surface area (Å²) in [6.45, 7) is 5.08. The van der Waals surface area contributed by atoms with Crippen molar-refractivity contribution in [3.05, 3.63) is 65.7 Å². The van der Waals surface area contributed by atoms with Gasteiger partial charge in [0.25, 0.3) is 0 Å². The number of hydrogen-bond acceptors (Lipinski definition) is 5. The van der Waals surface area contributed by atoms with E-state index in [1.807, 2.05) is 12.1 Å². The van der Waals surface area contributed by atoms with E-state index in [0.717, 1.165) is 70.8 Å². The van der Waals surface area contributed by atoms with Crippen LogP contribution in [0.25, 0.3) is 38.9 Å². The Kier molecular flexibility index (Phi) is 5.62. The van der Waals surface area contributed by atoms with Crippen molar-refractivity contribution in [3.63, 3.8) is 0 Å². The Morgan fingerprint density at radius 2 is 1.97 bits per heavy atom. The van der Waals surface area contributed by atoms with Crippen molar-refractivity contribution in [2.24, 2.45) is 0 Å². The fraction of sp³-hybridized carbons (Fsp3) is 0.269. The minimum atomic E-state index is -0.340.